The molecule has 0 aromatic carbocycles. The van der Waals surface area contributed by atoms with Crippen molar-refractivity contribution >= 4 is 0 Å². The molecule has 11 heteroatoms. The highest BCUT2D eigenvalue weighted by atomic mass is 17.2. The highest BCUT2D eigenvalue weighted by Gasteiger charge is 2.46. The van der Waals surface area contributed by atoms with E-state index in [0.717, 1.165) is 6.42 Å². The van der Waals surface area contributed by atoms with Crippen LogP contribution in [0.5, 0.6) is 0 Å². The van der Waals surface area contributed by atoms with E-state index in [9.17, 15) is 30.6 Å². The molecule has 170 valence electrons. The molecule has 2 aliphatic rings. The topological polar surface area (TPSA) is 168 Å². The molecule has 2 fully saturated rings. The van der Waals surface area contributed by atoms with Gasteiger partial charge >= 0.3 is 0 Å². The van der Waals surface area contributed by atoms with E-state index in [1.165, 1.54) is 6.92 Å². The van der Waals surface area contributed by atoms with E-state index < -0.39 is 61.4 Å². The summed E-state index contributed by atoms with van der Waals surface area (Å²) in [5, 5.41) is 59.4. The molecule has 2 rings (SSSR count). The van der Waals surface area contributed by atoms with Crippen LogP contribution < -0.4 is 0 Å². The van der Waals surface area contributed by atoms with Crippen LogP contribution in [0.2, 0.25) is 0 Å². The fourth-order valence-corrected chi connectivity index (χ4v) is 2.99. The Kier molecular flexibility index (Phi) is 9.85. The lowest BCUT2D eigenvalue weighted by Gasteiger charge is -2.40. The van der Waals surface area contributed by atoms with E-state index in [1.807, 2.05) is 19.1 Å². The minimum Gasteiger partial charge on any atom is -0.388 e. The second kappa shape index (κ2) is 11.6. The van der Waals surface area contributed by atoms with Gasteiger partial charge in [0.1, 0.15) is 49.3 Å². The molecule has 6 N–H and O–H groups in total. The summed E-state index contributed by atoms with van der Waals surface area (Å²) in [4.78, 5) is 9.88. The second-order valence-corrected chi connectivity index (χ2v) is 7.12. The first-order valence-electron chi connectivity index (χ1n) is 9.72. The summed E-state index contributed by atoms with van der Waals surface area (Å²) in [6.07, 6.45) is -7.88. The third kappa shape index (κ3) is 6.39. The zero-order valence-corrected chi connectivity index (χ0v) is 16.5. The minimum atomic E-state index is -1.56. The maximum absolute atomic E-state index is 10.1. The Hall–Kier alpha value is -0.700. The SMILES string of the molecule is CC/C=C\CCO[C@@H]1O[C@H](COO[C@@H]2O[C@H](C)[C@@H](O)[C@H](O)[C@H]2O)[C@@H](O)[C@H](O)[C@H]1O. The number of allylic oxidation sites excluding steroid dienone is 1. The standard InChI is InChI=1S/C18H32O11/c1-3-4-5-6-7-25-17-15(23)14(22)12(20)10(28-17)8-26-29-18-16(24)13(21)11(19)9(2)27-18/h4-5,9-24H,3,6-8H2,1-2H3/b5-4-/t9-,10-,11-,12-,13+,14+,15-,16-,17-,18+/m1/s1. The fourth-order valence-electron chi connectivity index (χ4n) is 2.99. The van der Waals surface area contributed by atoms with Crippen molar-refractivity contribution in [1.82, 2.24) is 0 Å². The first-order chi connectivity index (χ1) is 13.8. The van der Waals surface area contributed by atoms with E-state index in [4.69, 9.17) is 24.0 Å². The van der Waals surface area contributed by atoms with Crippen LogP contribution in [0.4, 0.5) is 0 Å². The molecule has 2 aliphatic heterocycles. The normalized spacial score (nSPS) is 43.7. The van der Waals surface area contributed by atoms with Crippen molar-refractivity contribution in [3.8, 4) is 0 Å². The minimum absolute atomic E-state index is 0.241. The van der Waals surface area contributed by atoms with Gasteiger partial charge in [-0.05, 0) is 19.8 Å². The van der Waals surface area contributed by atoms with Crippen LogP contribution in [0.1, 0.15) is 26.7 Å². The summed E-state index contributed by atoms with van der Waals surface area (Å²) in [5.74, 6) is 0. The van der Waals surface area contributed by atoms with Crippen LogP contribution in [0, 0.1) is 0 Å². The largest absolute Gasteiger partial charge is 0.388 e. The highest BCUT2D eigenvalue weighted by molar-refractivity contribution is 4.90. The third-order valence-corrected chi connectivity index (χ3v) is 4.84. The molecule has 29 heavy (non-hydrogen) atoms. The zero-order chi connectivity index (χ0) is 21.6. The summed E-state index contributed by atoms with van der Waals surface area (Å²) in [6.45, 7) is 3.33. The van der Waals surface area contributed by atoms with Crippen LogP contribution in [-0.4, -0.2) is 105 Å². The van der Waals surface area contributed by atoms with Gasteiger partial charge in [0.05, 0.1) is 12.7 Å². The average molecular weight is 424 g/mol. The number of ether oxygens (including phenoxy) is 3. The van der Waals surface area contributed by atoms with Crippen molar-refractivity contribution in [1.29, 1.82) is 0 Å². The Morgan fingerprint density at radius 2 is 1.45 bits per heavy atom. The molecule has 10 atom stereocenters. The smallest absolute Gasteiger partial charge is 0.220 e. The van der Waals surface area contributed by atoms with Gasteiger partial charge in [-0.1, -0.05) is 19.1 Å². The summed E-state index contributed by atoms with van der Waals surface area (Å²) in [5.41, 5.74) is 0. The Morgan fingerprint density at radius 1 is 0.793 bits per heavy atom. The van der Waals surface area contributed by atoms with Crippen LogP contribution in [0.25, 0.3) is 0 Å². The number of rotatable bonds is 9. The van der Waals surface area contributed by atoms with Gasteiger partial charge in [-0.15, -0.1) is 0 Å². The molecule has 0 bridgehead atoms. The van der Waals surface area contributed by atoms with Crippen LogP contribution in [0.3, 0.4) is 0 Å². The second-order valence-electron chi connectivity index (χ2n) is 7.12. The van der Waals surface area contributed by atoms with Crippen LogP contribution >= 0.6 is 0 Å². The van der Waals surface area contributed by atoms with E-state index in [-0.39, 0.29) is 13.2 Å². The molecular weight excluding hydrogens is 392 g/mol. The fraction of sp³-hybridized carbons (Fsp3) is 0.889. The predicted octanol–water partition coefficient (Wildman–Crippen LogP) is -2.06. The molecule has 0 aliphatic carbocycles. The monoisotopic (exact) mass is 424 g/mol. The van der Waals surface area contributed by atoms with Gasteiger partial charge in [0.25, 0.3) is 0 Å². The lowest BCUT2D eigenvalue weighted by Crippen LogP contribution is -2.60. The van der Waals surface area contributed by atoms with Crippen molar-refractivity contribution in [2.45, 2.75) is 88.1 Å². The lowest BCUT2D eigenvalue weighted by molar-refractivity contribution is -0.434. The van der Waals surface area contributed by atoms with Crippen molar-refractivity contribution in [3.63, 3.8) is 0 Å². The Bertz CT molecular complexity index is 504. The number of aliphatic hydroxyl groups is 6. The van der Waals surface area contributed by atoms with E-state index >= 15 is 0 Å². The molecule has 0 radical (unpaired) electrons. The van der Waals surface area contributed by atoms with Gasteiger partial charge in [-0.2, -0.15) is 0 Å². The maximum atomic E-state index is 10.1. The van der Waals surface area contributed by atoms with Crippen molar-refractivity contribution in [2.24, 2.45) is 0 Å². The molecule has 0 amide bonds. The van der Waals surface area contributed by atoms with Crippen molar-refractivity contribution in [2.75, 3.05) is 13.2 Å². The number of hydrogen-bond donors (Lipinski definition) is 6. The Balaban J connectivity index is 1.83. The van der Waals surface area contributed by atoms with Gasteiger partial charge in [0.15, 0.2) is 6.29 Å². The third-order valence-electron chi connectivity index (χ3n) is 4.84. The van der Waals surface area contributed by atoms with E-state index in [2.05, 4.69) is 0 Å². The van der Waals surface area contributed by atoms with Crippen LogP contribution in [0.15, 0.2) is 12.2 Å². The molecule has 0 unspecified atom stereocenters. The molecule has 2 heterocycles. The van der Waals surface area contributed by atoms with Gasteiger partial charge in [0.2, 0.25) is 6.29 Å². The first-order valence-corrected chi connectivity index (χ1v) is 9.72. The van der Waals surface area contributed by atoms with Gasteiger partial charge in [0, 0.05) is 0 Å². The van der Waals surface area contributed by atoms with Crippen molar-refractivity contribution < 1.29 is 54.6 Å². The summed E-state index contributed by atoms with van der Waals surface area (Å²) in [6, 6.07) is 0. The summed E-state index contributed by atoms with van der Waals surface area (Å²) < 4.78 is 16.1. The average Bonchev–Trinajstić information content (AvgIpc) is 2.71. The first kappa shape index (κ1) is 24.6. The van der Waals surface area contributed by atoms with Crippen LogP contribution in [-0.2, 0) is 24.0 Å². The molecule has 0 aromatic heterocycles. The Morgan fingerprint density at radius 3 is 2.14 bits per heavy atom. The summed E-state index contributed by atoms with van der Waals surface area (Å²) in [7, 11) is 0. The Labute approximate surface area is 169 Å². The van der Waals surface area contributed by atoms with Crippen molar-refractivity contribution in [3.05, 3.63) is 12.2 Å². The highest BCUT2D eigenvalue weighted by Crippen LogP contribution is 2.24. The molecule has 11 nitrogen and oxygen atoms in total. The quantitative estimate of drug-likeness (QED) is 0.104. The van der Waals surface area contributed by atoms with Gasteiger partial charge < -0.3 is 44.8 Å². The summed E-state index contributed by atoms with van der Waals surface area (Å²) >= 11 is 0. The zero-order valence-electron chi connectivity index (χ0n) is 16.5. The van der Waals surface area contributed by atoms with E-state index in [1.54, 1.807) is 0 Å². The van der Waals surface area contributed by atoms with Gasteiger partial charge in [-0.3, -0.25) is 0 Å². The number of hydrogen-bond acceptors (Lipinski definition) is 11. The lowest BCUT2D eigenvalue weighted by atomic mass is 9.99. The molecular formula is C18H32O11. The molecule has 0 spiro atoms. The molecule has 0 aromatic rings. The molecule has 2 saturated heterocycles. The predicted molar refractivity (Wildman–Crippen MR) is 96.1 cm³/mol. The van der Waals surface area contributed by atoms with Gasteiger partial charge in [-0.25, -0.2) is 9.78 Å². The maximum Gasteiger partial charge on any atom is 0.220 e. The molecule has 0 saturated carbocycles. The van der Waals surface area contributed by atoms with E-state index in [0.29, 0.717) is 6.42 Å². The number of aliphatic hydroxyl groups excluding tert-OH is 6.